The van der Waals surface area contributed by atoms with Gasteiger partial charge in [0.05, 0.1) is 0 Å². The third-order valence-corrected chi connectivity index (χ3v) is 2.64. The van der Waals surface area contributed by atoms with Gasteiger partial charge in [-0.3, -0.25) is 0 Å². The van der Waals surface area contributed by atoms with Crippen LogP contribution in [0.25, 0.3) is 5.83 Å². The summed E-state index contributed by atoms with van der Waals surface area (Å²) in [5.41, 5.74) is -0.993. The molecule has 0 aromatic heterocycles. The fourth-order valence-electron chi connectivity index (χ4n) is 1.57. The first-order chi connectivity index (χ1) is 7.57. The van der Waals surface area contributed by atoms with E-state index >= 15 is 0 Å². The van der Waals surface area contributed by atoms with Gasteiger partial charge in [0, 0.05) is 0 Å². The summed E-state index contributed by atoms with van der Waals surface area (Å²) in [6, 6.07) is 1.73. The van der Waals surface area contributed by atoms with Crippen LogP contribution in [0.3, 0.4) is 0 Å². The second-order valence-electron chi connectivity index (χ2n) is 3.10. The van der Waals surface area contributed by atoms with Gasteiger partial charge in [0.15, 0.2) is 0 Å². The van der Waals surface area contributed by atoms with E-state index in [0.29, 0.717) is 0 Å². The zero-order chi connectivity index (χ0) is 11.9. The third-order valence-electron chi connectivity index (χ3n) is 2.26. The van der Waals surface area contributed by atoms with Crippen LogP contribution in [0.5, 0.6) is 0 Å². The predicted molar refractivity (Wildman–Crippen MR) is 45.8 cm³/mol. The van der Waals surface area contributed by atoms with E-state index in [2.05, 4.69) is 3.79 Å². The van der Waals surface area contributed by atoms with Crippen molar-refractivity contribution in [3.8, 4) is 0 Å². The van der Waals surface area contributed by atoms with Gasteiger partial charge >= 0.3 is 93.3 Å². The van der Waals surface area contributed by atoms with E-state index in [4.69, 9.17) is 0 Å². The second kappa shape index (κ2) is 4.00. The van der Waals surface area contributed by atoms with Gasteiger partial charge in [-0.25, -0.2) is 0 Å². The van der Waals surface area contributed by atoms with Gasteiger partial charge < -0.3 is 0 Å². The Morgan fingerprint density at radius 1 is 1.19 bits per heavy atom. The fourth-order valence-corrected chi connectivity index (χ4v) is 1.94. The molecule has 0 fully saturated rings. The standard InChI is InChI=1S/C9H3F4O.Al.O/c10-4-2-1-3-5(6(4)11)7(12)8(13)9(3)14;;/h1-2,9H;;/q-1;+1;. The minimum absolute atomic E-state index is 0.197. The molecule has 7 heteroatoms. The van der Waals surface area contributed by atoms with Crippen molar-refractivity contribution in [1.82, 2.24) is 0 Å². The Hall–Kier alpha value is -1.19. The maximum absolute atomic E-state index is 13.2. The van der Waals surface area contributed by atoms with Crippen LogP contribution in [-0.4, -0.2) is 15.5 Å². The van der Waals surface area contributed by atoms with E-state index in [0.717, 1.165) is 12.1 Å². The van der Waals surface area contributed by atoms with Gasteiger partial charge in [-0.15, -0.1) is 0 Å². The van der Waals surface area contributed by atoms with Crippen molar-refractivity contribution >= 4 is 21.3 Å². The first-order valence-electron chi connectivity index (χ1n) is 4.20. The molecule has 82 valence electrons. The molecule has 0 aliphatic heterocycles. The molecule has 0 N–H and O–H groups in total. The summed E-state index contributed by atoms with van der Waals surface area (Å²) in [5, 5.41) is 0. The summed E-state index contributed by atoms with van der Waals surface area (Å²) in [4.78, 5) is 0. The molecule has 1 atom stereocenters. The molecule has 1 aromatic rings. The topological polar surface area (TPSA) is 26.3 Å². The fraction of sp³-hybridized carbons (Fsp3) is 0.111. The Bertz CT molecular complexity index is 501. The van der Waals surface area contributed by atoms with E-state index in [-0.39, 0.29) is 5.56 Å². The van der Waals surface area contributed by atoms with Crippen LogP contribution in [0, 0.1) is 11.6 Å². The van der Waals surface area contributed by atoms with Crippen molar-refractivity contribution in [2.45, 2.75) is 6.10 Å². The molecular formula is C9H3AlF4O2. The Balaban J connectivity index is 2.64. The molecule has 1 aromatic carbocycles. The van der Waals surface area contributed by atoms with Gasteiger partial charge in [0.2, 0.25) is 0 Å². The van der Waals surface area contributed by atoms with Gasteiger partial charge in [-0.1, -0.05) is 0 Å². The molecule has 0 spiro atoms. The normalized spacial score (nSPS) is 18.4. The number of halogens is 4. The summed E-state index contributed by atoms with van der Waals surface area (Å²) in [6.45, 7) is 0. The molecule has 1 aliphatic carbocycles. The number of rotatable bonds is 2. The quantitative estimate of drug-likeness (QED) is 0.592. The second-order valence-corrected chi connectivity index (χ2v) is 3.56. The van der Waals surface area contributed by atoms with Crippen molar-refractivity contribution in [3.63, 3.8) is 0 Å². The van der Waals surface area contributed by atoms with Gasteiger partial charge in [-0.05, 0) is 0 Å². The van der Waals surface area contributed by atoms with Crippen LogP contribution in [0.15, 0.2) is 18.0 Å². The molecule has 2 nitrogen and oxygen atoms in total. The molecule has 0 saturated carbocycles. The molecule has 2 rings (SSSR count). The Kier molecular flexibility index (Phi) is 2.82. The van der Waals surface area contributed by atoms with E-state index in [1.165, 1.54) is 0 Å². The van der Waals surface area contributed by atoms with Gasteiger partial charge in [0.1, 0.15) is 0 Å². The first kappa shape index (κ1) is 11.3. The average molecular weight is 246 g/mol. The van der Waals surface area contributed by atoms with Crippen LogP contribution in [0.2, 0.25) is 0 Å². The van der Waals surface area contributed by atoms with Crippen molar-refractivity contribution in [2.75, 3.05) is 0 Å². The van der Waals surface area contributed by atoms with Crippen molar-refractivity contribution in [2.24, 2.45) is 0 Å². The number of hydrogen-bond acceptors (Lipinski definition) is 2. The Labute approximate surface area is 93.8 Å². The SMILES string of the molecule is [O]=[Al][O]C1C(F)=C(F)c2c1ccc(F)c2F. The first-order valence-corrected chi connectivity index (χ1v) is 5.14. The molecule has 0 radical (unpaired) electrons. The Morgan fingerprint density at radius 2 is 1.88 bits per heavy atom. The van der Waals surface area contributed by atoms with E-state index in [1.807, 2.05) is 0 Å². The van der Waals surface area contributed by atoms with Crippen molar-refractivity contribution in [3.05, 3.63) is 40.7 Å². The minimum atomic E-state index is -1.79. The van der Waals surface area contributed by atoms with Crippen LogP contribution >= 0.6 is 0 Å². The zero-order valence-electron chi connectivity index (χ0n) is 7.64. The van der Waals surface area contributed by atoms with Crippen LogP contribution < -0.4 is 0 Å². The number of fused-ring (bicyclic) bond motifs is 1. The number of hydrogen-bond donors (Lipinski definition) is 0. The van der Waals surface area contributed by atoms with E-state index in [9.17, 15) is 21.4 Å². The Morgan fingerprint density at radius 3 is 2.50 bits per heavy atom. The summed E-state index contributed by atoms with van der Waals surface area (Å²) in [5.74, 6) is -5.65. The monoisotopic (exact) mass is 246 g/mol. The zero-order valence-corrected chi connectivity index (χ0v) is 8.79. The van der Waals surface area contributed by atoms with Crippen LogP contribution in [-0.2, 0) is 7.59 Å². The summed E-state index contributed by atoms with van der Waals surface area (Å²) >= 11 is -1.79. The maximum atomic E-state index is 13.2. The van der Waals surface area contributed by atoms with Crippen molar-refractivity contribution in [1.29, 1.82) is 0 Å². The van der Waals surface area contributed by atoms with Gasteiger partial charge in [-0.2, -0.15) is 0 Å². The molecular weight excluding hydrogens is 243 g/mol. The number of benzene rings is 1. The molecule has 1 aliphatic rings. The summed E-state index contributed by atoms with van der Waals surface area (Å²) < 4.78 is 67.2. The average Bonchev–Trinajstić information content (AvgIpc) is 2.50. The molecule has 0 bridgehead atoms. The van der Waals surface area contributed by atoms with E-state index in [1.54, 1.807) is 0 Å². The van der Waals surface area contributed by atoms with Crippen LogP contribution in [0.4, 0.5) is 17.6 Å². The summed E-state index contributed by atoms with van der Waals surface area (Å²) in [6.07, 6.45) is -1.54. The van der Waals surface area contributed by atoms with Crippen molar-refractivity contribution < 1.29 is 25.2 Å². The molecule has 0 saturated heterocycles. The molecule has 1 unspecified atom stereocenters. The molecule has 0 heterocycles. The van der Waals surface area contributed by atoms with E-state index < -0.39 is 50.4 Å². The third kappa shape index (κ3) is 1.48. The summed E-state index contributed by atoms with van der Waals surface area (Å²) in [7, 11) is 0. The van der Waals surface area contributed by atoms with Gasteiger partial charge in [0.25, 0.3) is 0 Å². The molecule has 0 amide bonds. The van der Waals surface area contributed by atoms with Crippen LogP contribution in [0.1, 0.15) is 17.2 Å². The molecule has 16 heavy (non-hydrogen) atoms. The predicted octanol–water partition coefficient (Wildman–Crippen LogP) is 2.61.